The highest BCUT2D eigenvalue weighted by atomic mass is 32.1. The van der Waals surface area contributed by atoms with Crippen LogP contribution in [0.2, 0.25) is 0 Å². The van der Waals surface area contributed by atoms with Crippen LogP contribution in [0.1, 0.15) is 5.56 Å². The number of rotatable bonds is 3. The van der Waals surface area contributed by atoms with Gasteiger partial charge in [-0.3, -0.25) is 9.13 Å². The summed E-state index contributed by atoms with van der Waals surface area (Å²) in [5.74, 6) is 0.837. The van der Waals surface area contributed by atoms with E-state index in [-0.39, 0.29) is 5.69 Å². The topological polar surface area (TPSA) is 55.6 Å². The molecule has 0 aliphatic heterocycles. The van der Waals surface area contributed by atoms with Gasteiger partial charge in [-0.15, -0.1) is 0 Å². The van der Waals surface area contributed by atoms with E-state index in [1.54, 1.807) is 20.5 Å². The van der Waals surface area contributed by atoms with Crippen LogP contribution in [-0.2, 0) is 7.05 Å². The third-order valence-electron chi connectivity index (χ3n) is 5.00. The number of hydrogen-bond acceptors (Lipinski definition) is 3. The molecule has 0 aliphatic rings. The Morgan fingerprint density at radius 2 is 1.93 bits per heavy atom. The van der Waals surface area contributed by atoms with Gasteiger partial charge in [0.1, 0.15) is 5.82 Å². The summed E-state index contributed by atoms with van der Waals surface area (Å²) >= 11 is 1.58. The van der Waals surface area contributed by atoms with Crippen molar-refractivity contribution < 1.29 is 0 Å². The lowest BCUT2D eigenvalue weighted by Crippen LogP contribution is -2.20. The predicted molar refractivity (Wildman–Crippen MR) is 114 cm³/mol. The summed E-state index contributed by atoms with van der Waals surface area (Å²) < 4.78 is 3.44. The number of aryl methyl sites for hydroxylation is 2. The highest BCUT2D eigenvalue weighted by Gasteiger charge is 2.14. The third kappa shape index (κ3) is 2.61. The quantitative estimate of drug-likeness (QED) is 0.486. The first-order chi connectivity index (χ1) is 13.6. The number of benzene rings is 2. The van der Waals surface area contributed by atoms with E-state index in [2.05, 4.69) is 29.0 Å². The van der Waals surface area contributed by atoms with Crippen molar-refractivity contribution in [3.05, 3.63) is 81.5 Å². The molecule has 6 heteroatoms. The number of nitrogens with one attached hydrogen (secondary N) is 1. The molecule has 0 amide bonds. The Balaban J connectivity index is 1.62. The lowest BCUT2D eigenvalue weighted by atomic mass is 10.1. The maximum Gasteiger partial charge on any atom is 0.333 e. The number of fused-ring (bicyclic) bond motifs is 1. The molecule has 5 aromatic rings. The molecule has 0 radical (unpaired) electrons. The highest BCUT2D eigenvalue weighted by Crippen LogP contribution is 2.27. The third-order valence-corrected chi connectivity index (χ3v) is 5.67. The molecule has 0 saturated carbocycles. The van der Waals surface area contributed by atoms with Gasteiger partial charge in [0.15, 0.2) is 0 Å². The van der Waals surface area contributed by atoms with Crippen molar-refractivity contribution in [3.8, 4) is 28.3 Å². The lowest BCUT2D eigenvalue weighted by Gasteiger charge is -2.02. The van der Waals surface area contributed by atoms with Gasteiger partial charge in [-0.2, -0.15) is 11.3 Å². The smallest absolute Gasteiger partial charge is 0.333 e. The van der Waals surface area contributed by atoms with Gasteiger partial charge < -0.3 is 4.98 Å². The van der Waals surface area contributed by atoms with Crippen LogP contribution in [0.25, 0.3) is 39.4 Å². The second-order valence-corrected chi connectivity index (χ2v) is 7.66. The molecule has 2 aromatic carbocycles. The summed E-state index contributed by atoms with van der Waals surface area (Å²) in [6, 6.07) is 16.3. The molecule has 0 saturated heterocycles. The molecule has 3 heterocycles. The fraction of sp³-hybridized carbons (Fsp3) is 0.0909. The molecule has 5 rings (SSSR count). The first kappa shape index (κ1) is 16.8. The maximum absolute atomic E-state index is 12.8. The van der Waals surface area contributed by atoms with E-state index in [1.165, 1.54) is 5.56 Å². The average molecular weight is 386 g/mol. The van der Waals surface area contributed by atoms with Gasteiger partial charge in [-0.1, -0.05) is 29.8 Å². The van der Waals surface area contributed by atoms with E-state index < -0.39 is 0 Å². The molecule has 1 N–H and O–H groups in total. The van der Waals surface area contributed by atoms with Gasteiger partial charge in [0.25, 0.3) is 0 Å². The molecule has 5 nitrogen and oxygen atoms in total. The van der Waals surface area contributed by atoms with Crippen LogP contribution in [0, 0.1) is 6.92 Å². The largest absolute Gasteiger partial charge is 0.338 e. The predicted octanol–water partition coefficient (Wildman–Crippen LogP) is 4.76. The first-order valence-corrected chi connectivity index (χ1v) is 9.92. The van der Waals surface area contributed by atoms with Crippen LogP contribution < -0.4 is 5.69 Å². The molecular weight excluding hydrogens is 368 g/mol. The minimum atomic E-state index is -0.0457. The fourth-order valence-electron chi connectivity index (χ4n) is 3.55. The Hall–Kier alpha value is -3.38. The number of H-pyrrole nitrogens is 1. The van der Waals surface area contributed by atoms with Gasteiger partial charge in [0, 0.05) is 23.6 Å². The molecule has 0 spiro atoms. The van der Waals surface area contributed by atoms with Crippen molar-refractivity contribution in [2.45, 2.75) is 6.92 Å². The fourth-order valence-corrected chi connectivity index (χ4v) is 4.17. The Labute approximate surface area is 165 Å². The van der Waals surface area contributed by atoms with Gasteiger partial charge in [0.05, 0.1) is 28.6 Å². The zero-order chi connectivity index (χ0) is 19.3. The van der Waals surface area contributed by atoms with Crippen LogP contribution in [0.4, 0.5) is 0 Å². The van der Waals surface area contributed by atoms with E-state index in [0.29, 0.717) is 0 Å². The number of hydrogen-bond donors (Lipinski definition) is 1. The van der Waals surface area contributed by atoms with Gasteiger partial charge in [0.2, 0.25) is 0 Å². The highest BCUT2D eigenvalue weighted by molar-refractivity contribution is 7.08. The average Bonchev–Trinajstić information content (AvgIpc) is 3.43. The van der Waals surface area contributed by atoms with Gasteiger partial charge >= 0.3 is 5.69 Å². The molecule has 0 atom stereocenters. The van der Waals surface area contributed by atoms with E-state index in [0.717, 1.165) is 39.4 Å². The number of aromatic nitrogens is 4. The van der Waals surface area contributed by atoms with Crippen molar-refractivity contribution in [1.82, 2.24) is 19.1 Å². The first-order valence-electron chi connectivity index (χ1n) is 8.98. The van der Waals surface area contributed by atoms with Crippen molar-refractivity contribution in [2.75, 3.05) is 0 Å². The molecule has 0 unspecified atom stereocenters. The normalized spacial score (nSPS) is 11.4. The summed E-state index contributed by atoms with van der Waals surface area (Å²) in [5.41, 5.74) is 6.82. The monoisotopic (exact) mass is 386 g/mol. The minimum absolute atomic E-state index is 0.0457. The van der Waals surface area contributed by atoms with Crippen LogP contribution in [0.3, 0.4) is 0 Å². The molecule has 3 aromatic heterocycles. The van der Waals surface area contributed by atoms with E-state index >= 15 is 0 Å². The SMILES string of the molecule is Cc1cccc(-c2ncc(-c3ccc4c(c3)n(C)c(=O)n4-c3ccsc3)[nH]2)c1. The summed E-state index contributed by atoms with van der Waals surface area (Å²) in [4.78, 5) is 20.7. The van der Waals surface area contributed by atoms with Crippen molar-refractivity contribution in [2.24, 2.45) is 7.05 Å². The van der Waals surface area contributed by atoms with Gasteiger partial charge in [-0.25, -0.2) is 9.78 Å². The summed E-state index contributed by atoms with van der Waals surface area (Å²) in [6.45, 7) is 2.07. The number of nitrogens with zero attached hydrogens (tertiary/aromatic N) is 3. The van der Waals surface area contributed by atoms with Crippen molar-refractivity contribution in [3.63, 3.8) is 0 Å². The number of thiophene rings is 1. The lowest BCUT2D eigenvalue weighted by molar-refractivity contribution is 0.848. The second kappa shape index (κ2) is 6.35. The van der Waals surface area contributed by atoms with E-state index in [4.69, 9.17) is 0 Å². The van der Waals surface area contributed by atoms with Crippen LogP contribution in [0.5, 0.6) is 0 Å². The van der Waals surface area contributed by atoms with E-state index in [1.807, 2.05) is 60.4 Å². The molecule has 138 valence electrons. The Morgan fingerprint density at radius 3 is 2.71 bits per heavy atom. The Bertz CT molecular complexity index is 1360. The van der Waals surface area contributed by atoms with E-state index in [9.17, 15) is 4.79 Å². The summed E-state index contributed by atoms with van der Waals surface area (Å²) in [7, 11) is 1.81. The molecule has 0 bridgehead atoms. The Morgan fingerprint density at radius 1 is 1.04 bits per heavy atom. The van der Waals surface area contributed by atoms with Crippen LogP contribution in [-0.4, -0.2) is 19.1 Å². The number of aromatic amines is 1. The number of imidazole rings is 2. The molecular formula is C22H18N4OS. The zero-order valence-electron chi connectivity index (χ0n) is 15.5. The molecule has 0 aliphatic carbocycles. The Kier molecular flexibility index (Phi) is 3.80. The minimum Gasteiger partial charge on any atom is -0.338 e. The van der Waals surface area contributed by atoms with Gasteiger partial charge in [-0.05, 0) is 36.6 Å². The van der Waals surface area contributed by atoms with Crippen molar-refractivity contribution >= 4 is 22.4 Å². The summed E-state index contributed by atoms with van der Waals surface area (Å²) in [5, 5.41) is 3.96. The second-order valence-electron chi connectivity index (χ2n) is 6.88. The molecule has 0 fully saturated rings. The van der Waals surface area contributed by atoms with Crippen LogP contribution in [0.15, 0.2) is 70.3 Å². The zero-order valence-corrected chi connectivity index (χ0v) is 16.3. The van der Waals surface area contributed by atoms with Crippen LogP contribution >= 0.6 is 11.3 Å². The summed E-state index contributed by atoms with van der Waals surface area (Å²) in [6.07, 6.45) is 1.84. The maximum atomic E-state index is 12.8. The van der Waals surface area contributed by atoms with Crippen molar-refractivity contribution in [1.29, 1.82) is 0 Å². The molecule has 28 heavy (non-hydrogen) atoms. The standard InChI is InChI=1S/C22H18N4OS/c1-14-4-3-5-16(10-14)21-23-12-18(24-21)15-6-7-19-20(11-15)25(2)22(27)26(19)17-8-9-28-13-17/h3-13H,1-2H3,(H,23,24).